The summed E-state index contributed by atoms with van der Waals surface area (Å²) in [4.78, 5) is 11.6. The summed E-state index contributed by atoms with van der Waals surface area (Å²) in [5.41, 5.74) is 0.459. The molecule has 1 aromatic carbocycles. The van der Waals surface area contributed by atoms with E-state index in [2.05, 4.69) is 20.8 Å². The Kier molecular flexibility index (Phi) is 4.45. The molecule has 1 amide bonds. The van der Waals surface area contributed by atoms with Crippen LogP contribution in [0.4, 0.5) is 4.39 Å². The van der Waals surface area contributed by atoms with E-state index in [-0.39, 0.29) is 24.0 Å². The Balaban J connectivity index is 1.79. The standard InChI is InChI=1S/C11H12FN5OS/c1-17-11(14-15-16-17)19-7-10(18)13-6-8-4-2-3-5-9(8)12/h2-5H,6-7H2,1H3,(H,13,18). The summed E-state index contributed by atoms with van der Waals surface area (Å²) >= 11 is 1.22. The molecule has 2 rings (SSSR count). The third kappa shape index (κ3) is 3.75. The van der Waals surface area contributed by atoms with Crippen LogP contribution >= 0.6 is 11.8 Å². The molecule has 0 radical (unpaired) electrons. The molecular weight excluding hydrogens is 269 g/mol. The Bertz CT molecular complexity index is 574. The third-order valence-corrected chi connectivity index (χ3v) is 3.36. The van der Waals surface area contributed by atoms with Crippen LogP contribution in [0.2, 0.25) is 0 Å². The van der Waals surface area contributed by atoms with Crippen molar-refractivity contribution < 1.29 is 9.18 Å². The Labute approximate surface area is 113 Å². The van der Waals surface area contributed by atoms with Crippen LogP contribution in [0.25, 0.3) is 0 Å². The average molecular weight is 281 g/mol. The molecule has 19 heavy (non-hydrogen) atoms. The number of rotatable bonds is 5. The molecular formula is C11H12FN5OS. The van der Waals surface area contributed by atoms with Crippen molar-refractivity contribution in [1.29, 1.82) is 0 Å². The van der Waals surface area contributed by atoms with Gasteiger partial charge in [0.15, 0.2) is 0 Å². The molecule has 1 aromatic heterocycles. The van der Waals surface area contributed by atoms with Crippen LogP contribution in [-0.2, 0) is 18.4 Å². The van der Waals surface area contributed by atoms with E-state index in [4.69, 9.17) is 0 Å². The molecule has 100 valence electrons. The number of halogens is 1. The fraction of sp³-hybridized carbons (Fsp3) is 0.273. The van der Waals surface area contributed by atoms with Gasteiger partial charge in [0.2, 0.25) is 11.1 Å². The van der Waals surface area contributed by atoms with Gasteiger partial charge in [0, 0.05) is 19.2 Å². The largest absolute Gasteiger partial charge is 0.351 e. The molecule has 0 spiro atoms. The van der Waals surface area contributed by atoms with Crippen LogP contribution in [0.15, 0.2) is 29.4 Å². The number of aryl methyl sites for hydroxylation is 1. The molecule has 8 heteroatoms. The van der Waals surface area contributed by atoms with E-state index in [0.717, 1.165) is 0 Å². The number of tetrazole rings is 1. The summed E-state index contributed by atoms with van der Waals surface area (Å²) in [6.45, 7) is 0.170. The van der Waals surface area contributed by atoms with Gasteiger partial charge < -0.3 is 5.32 Å². The second-order valence-electron chi connectivity index (χ2n) is 3.74. The van der Waals surface area contributed by atoms with E-state index in [9.17, 15) is 9.18 Å². The van der Waals surface area contributed by atoms with Crippen LogP contribution in [-0.4, -0.2) is 31.9 Å². The zero-order chi connectivity index (χ0) is 13.7. The van der Waals surface area contributed by atoms with Crippen LogP contribution in [0, 0.1) is 5.82 Å². The van der Waals surface area contributed by atoms with Crippen molar-refractivity contribution in [1.82, 2.24) is 25.5 Å². The van der Waals surface area contributed by atoms with Gasteiger partial charge in [-0.3, -0.25) is 4.79 Å². The molecule has 0 aliphatic rings. The van der Waals surface area contributed by atoms with Gasteiger partial charge >= 0.3 is 0 Å². The number of amides is 1. The Morgan fingerprint density at radius 3 is 2.95 bits per heavy atom. The molecule has 0 unspecified atom stereocenters. The van der Waals surface area contributed by atoms with Crippen molar-refractivity contribution >= 4 is 17.7 Å². The molecule has 0 bridgehead atoms. The second kappa shape index (κ2) is 6.28. The van der Waals surface area contributed by atoms with Gasteiger partial charge in [-0.05, 0) is 16.5 Å². The van der Waals surface area contributed by atoms with Gasteiger partial charge in [-0.2, -0.15) is 0 Å². The molecule has 0 atom stereocenters. The normalized spacial score (nSPS) is 10.4. The first-order chi connectivity index (χ1) is 9.16. The second-order valence-corrected chi connectivity index (χ2v) is 4.68. The maximum atomic E-state index is 13.3. The van der Waals surface area contributed by atoms with Gasteiger partial charge in [-0.1, -0.05) is 30.0 Å². The summed E-state index contributed by atoms with van der Waals surface area (Å²) < 4.78 is 14.8. The van der Waals surface area contributed by atoms with Crippen molar-refractivity contribution in [3.05, 3.63) is 35.6 Å². The first-order valence-corrected chi connectivity index (χ1v) is 6.50. The number of hydrogen-bond donors (Lipinski definition) is 1. The van der Waals surface area contributed by atoms with Gasteiger partial charge in [0.25, 0.3) is 0 Å². The zero-order valence-corrected chi connectivity index (χ0v) is 11.0. The predicted octanol–water partition coefficient (Wildman–Crippen LogP) is 0.758. The lowest BCUT2D eigenvalue weighted by Crippen LogP contribution is -2.25. The summed E-state index contributed by atoms with van der Waals surface area (Å²) in [5.74, 6) is -0.341. The van der Waals surface area contributed by atoms with E-state index in [1.165, 1.54) is 22.5 Å². The number of carbonyl (C=O) groups excluding carboxylic acids is 1. The summed E-state index contributed by atoms with van der Waals surface area (Å²) in [6.07, 6.45) is 0. The van der Waals surface area contributed by atoms with Gasteiger partial charge in [0.05, 0.1) is 5.75 Å². The Morgan fingerprint density at radius 1 is 1.47 bits per heavy atom. The van der Waals surface area contributed by atoms with Crippen molar-refractivity contribution in [2.75, 3.05) is 5.75 Å². The summed E-state index contributed by atoms with van der Waals surface area (Å²) in [7, 11) is 1.69. The van der Waals surface area contributed by atoms with Crippen LogP contribution in [0.3, 0.4) is 0 Å². The topological polar surface area (TPSA) is 72.7 Å². The number of hydrogen-bond acceptors (Lipinski definition) is 5. The molecule has 2 aromatic rings. The highest BCUT2D eigenvalue weighted by molar-refractivity contribution is 7.99. The minimum Gasteiger partial charge on any atom is -0.351 e. The number of nitrogens with one attached hydrogen (secondary N) is 1. The molecule has 0 saturated heterocycles. The highest BCUT2D eigenvalue weighted by Crippen LogP contribution is 2.11. The fourth-order valence-electron chi connectivity index (χ4n) is 1.36. The molecule has 0 aliphatic carbocycles. The number of nitrogens with zero attached hydrogens (tertiary/aromatic N) is 4. The van der Waals surface area contributed by atoms with E-state index in [1.54, 1.807) is 25.2 Å². The minimum atomic E-state index is -0.326. The smallest absolute Gasteiger partial charge is 0.230 e. The van der Waals surface area contributed by atoms with Crippen LogP contribution in [0.1, 0.15) is 5.56 Å². The molecule has 0 saturated carbocycles. The zero-order valence-electron chi connectivity index (χ0n) is 10.2. The fourth-order valence-corrected chi connectivity index (χ4v) is 2.04. The van der Waals surface area contributed by atoms with Gasteiger partial charge in [0.1, 0.15) is 5.82 Å². The lowest BCUT2D eigenvalue weighted by atomic mass is 10.2. The van der Waals surface area contributed by atoms with E-state index < -0.39 is 0 Å². The number of carbonyl (C=O) groups is 1. The van der Waals surface area contributed by atoms with Gasteiger partial charge in [-0.15, -0.1) is 5.10 Å². The van der Waals surface area contributed by atoms with Crippen molar-refractivity contribution in [3.63, 3.8) is 0 Å². The molecule has 0 fully saturated rings. The first-order valence-electron chi connectivity index (χ1n) is 5.52. The summed E-state index contributed by atoms with van der Waals surface area (Å²) in [6, 6.07) is 6.33. The quantitative estimate of drug-likeness (QED) is 0.819. The van der Waals surface area contributed by atoms with E-state index >= 15 is 0 Å². The third-order valence-electron chi connectivity index (χ3n) is 2.35. The highest BCUT2D eigenvalue weighted by Gasteiger charge is 2.08. The Hall–Kier alpha value is -1.96. The predicted molar refractivity (Wildman–Crippen MR) is 67.8 cm³/mol. The van der Waals surface area contributed by atoms with Crippen molar-refractivity contribution in [3.8, 4) is 0 Å². The maximum Gasteiger partial charge on any atom is 0.230 e. The lowest BCUT2D eigenvalue weighted by molar-refractivity contribution is -0.118. The van der Waals surface area contributed by atoms with E-state index in [0.29, 0.717) is 10.7 Å². The summed E-state index contributed by atoms with van der Waals surface area (Å²) in [5, 5.41) is 14.1. The van der Waals surface area contributed by atoms with Crippen molar-refractivity contribution in [2.24, 2.45) is 7.05 Å². The molecule has 0 aliphatic heterocycles. The number of thioether (sulfide) groups is 1. The number of benzene rings is 1. The van der Waals surface area contributed by atoms with Gasteiger partial charge in [-0.25, -0.2) is 9.07 Å². The maximum absolute atomic E-state index is 13.3. The Morgan fingerprint density at radius 2 is 2.26 bits per heavy atom. The SMILES string of the molecule is Cn1nnnc1SCC(=O)NCc1ccccc1F. The van der Waals surface area contributed by atoms with Crippen LogP contribution in [0.5, 0.6) is 0 Å². The molecule has 1 N–H and O–H groups in total. The lowest BCUT2D eigenvalue weighted by Gasteiger charge is -2.05. The minimum absolute atomic E-state index is 0.170. The van der Waals surface area contributed by atoms with E-state index in [1.807, 2.05) is 0 Å². The number of aromatic nitrogens is 4. The molecule has 1 heterocycles. The van der Waals surface area contributed by atoms with Crippen molar-refractivity contribution in [2.45, 2.75) is 11.7 Å². The average Bonchev–Trinajstić information content (AvgIpc) is 2.81. The first kappa shape index (κ1) is 13.5. The highest BCUT2D eigenvalue weighted by atomic mass is 32.2. The van der Waals surface area contributed by atoms with Crippen LogP contribution < -0.4 is 5.32 Å². The monoisotopic (exact) mass is 281 g/mol. The molecule has 6 nitrogen and oxygen atoms in total.